The Bertz CT molecular complexity index is 1650. The van der Waals surface area contributed by atoms with Gasteiger partial charge in [-0.25, -0.2) is 9.59 Å². The van der Waals surface area contributed by atoms with Gasteiger partial charge in [0.05, 0.1) is 18.2 Å². The van der Waals surface area contributed by atoms with E-state index in [2.05, 4.69) is 53.3 Å². The average molecular weight is 865 g/mol. The van der Waals surface area contributed by atoms with Crippen LogP contribution in [0.2, 0.25) is 0 Å². The topological polar surface area (TPSA) is 163 Å². The van der Waals surface area contributed by atoms with Crippen molar-refractivity contribution in [1.29, 1.82) is 0 Å². The number of urea groups is 1. The van der Waals surface area contributed by atoms with Crippen molar-refractivity contribution in [1.82, 2.24) is 21.3 Å². The fourth-order valence-corrected chi connectivity index (χ4v) is 9.77. The lowest BCUT2D eigenvalue weighted by molar-refractivity contribution is -0.143. The molecule has 3 aliphatic heterocycles. The molecule has 0 aromatic heterocycles. The van der Waals surface area contributed by atoms with Crippen molar-refractivity contribution in [2.75, 3.05) is 18.8 Å². The van der Waals surface area contributed by atoms with E-state index in [4.69, 9.17) is 4.74 Å². The van der Waals surface area contributed by atoms with E-state index in [1.165, 1.54) is 11.6 Å². The van der Waals surface area contributed by atoms with Crippen LogP contribution in [0.5, 0.6) is 0 Å². The summed E-state index contributed by atoms with van der Waals surface area (Å²) in [6, 6.07) is 0.387. The van der Waals surface area contributed by atoms with E-state index >= 15 is 0 Å². The van der Waals surface area contributed by atoms with Crippen LogP contribution >= 0.6 is 11.8 Å². The highest BCUT2D eigenvalue weighted by Gasteiger charge is 2.42. The van der Waals surface area contributed by atoms with Gasteiger partial charge in [0.15, 0.2) is 0 Å². The largest absolute Gasteiger partial charge is 0.454 e. The maximum atomic E-state index is 13.3. The molecule has 61 heavy (non-hydrogen) atoms. The van der Waals surface area contributed by atoms with Gasteiger partial charge in [0.1, 0.15) is 11.9 Å². The zero-order chi connectivity index (χ0) is 44.9. The number of allylic oxidation sites excluding steroid dienone is 8. The van der Waals surface area contributed by atoms with Crippen molar-refractivity contribution in [2.45, 2.75) is 156 Å². The van der Waals surface area contributed by atoms with Gasteiger partial charge in [-0.1, -0.05) is 114 Å². The van der Waals surface area contributed by atoms with E-state index in [1.807, 2.05) is 70.7 Å². The number of esters is 1. The highest BCUT2D eigenvalue weighted by molar-refractivity contribution is 8.00. The maximum absolute atomic E-state index is 13.3. The molecule has 11 nitrogen and oxygen atoms in total. The molecule has 0 saturated carbocycles. The van der Waals surface area contributed by atoms with Crippen molar-refractivity contribution in [3.63, 3.8) is 0 Å². The molecule has 12 heteroatoms. The predicted molar refractivity (Wildman–Crippen MR) is 248 cm³/mol. The number of rotatable bonds is 27. The molecular formula is C49H76N4O7S. The summed E-state index contributed by atoms with van der Waals surface area (Å²) in [5.74, 6) is -0.0775. The molecule has 3 rings (SSSR count). The lowest BCUT2D eigenvalue weighted by Gasteiger charge is -2.25. The molecule has 0 spiro atoms. The fourth-order valence-electron chi connectivity index (χ4n) is 8.22. The van der Waals surface area contributed by atoms with E-state index in [1.54, 1.807) is 13.0 Å². The van der Waals surface area contributed by atoms with Crippen LogP contribution in [0.15, 0.2) is 71.4 Å². The molecule has 0 aromatic rings. The van der Waals surface area contributed by atoms with Gasteiger partial charge >= 0.3 is 12.0 Å². The van der Waals surface area contributed by atoms with Crippen molar-refractivity contribution in [3.05, 3.63) is 71.4 Å². The number of fused-ring (bicyclic) bond motifs is 1. The van der Waals surface area contributed by atoms with Gasteiger partial charge in [0.25, 0.3) is 0 Å². The van der Waals surface area contributed by atoms with Gasteiger partial charge in [-0.2, -0.15) is 11.8 Å². The molecule has 3 aliphatic rings. The summed E-state index contributed by atoms with van der Waals surface area (Å²) < 4.78 is 5.43. The third kappa shape index (κ3) is 18.9. The van der Waals surface area contributed by atoms with E-state index in [9.17, 15) is 29.1 Å². The summed E-state index contributed by atoms with van der Waals surface area (Å²) in [5, 5.41) is 23.5. The number of nitrogens with one attached hydrogen (secondary N) is 4. The number of aliphatic hydroxyl groups is 1. The summed E-state index contributed by atoms with van der Waals surface area (Å²) >= 11 is 1.90. The lowest BCUT2D eigenvalue weighted by Crippen LogP contribution is -2.36. The molecule has 0 aromatic carbocycles. The molecule has 340 valence electrons. The van der Waals surface area contributed by atoms with Crippen LogP contribution in [0.3, 0.4) is 0 Å². The summed E-state index contributed by atoms with van der Waals surface area (Å²) in [6.45, 7) is 17.0. The highest BCUT2D eigenvalue weighted by Crippen LogP contribution is 2.33. The zero-order valence-electron chi connectivity index (χ0n) is 38.2. The van der Waals surface area contributed by atoms with Crippen LogP contribution in [0, 0.1) is 29.6 Å². The normalized spacial score (nSPS) is 24.5. The first-order chi connectivity index (χ1) is 29.1. The third-order valence-electron chi connectivity index (χ3n) is 11.9. The van der Waals surface area contributed by atoms with E-state index in [-0.39, 0.29) is 65.5 Å². The van der Waals surface area contributed by atoms with Gasteiger partial charge in [0, 0.05) is 60.4 Å². The Morgan fingerprint density at radius 2 is 1.69 bits per heavy atom. The van der Waals surface area contributed by atoms with Crippen molar-refractivity contribution < 1.29 is 33.8 Å². The number of aliphatic hydroxyl groups excluding tert-OH is 1. The Kier molecular flexibility index (Phi) is 23.0. The first-order valence-electron chi connectivity index (χ1n) is 22.8. The van der Waals surface area contributed by atoms with Gasteiger partial charge in [-0.05, 0) is 76.7 Å². The number of hydrogen-bond donors (Lipinski definition) is 5. The molecule has 3 heterocycles. The number of cyclic esters (lactones) is 1. The van der Waals surface area contributed by atoms with Crippen LogP contribution in [0.4, 0.5) is 4.79 Å². The Balaban J connectivity index is 1.26. The number of unbranched alkanes of at least 4 members (excludes halogenated alkanes) is 4. The van der Waals surface area contributed by atoms with Crippen molar-refractivity contribution >= 4 is 41.4 Å². The minimum atomic E-state index is -0.833. The zero-order valence-corrected chi connectivity index (χ0v) is 39.0. The fraction of sp³-hybridized carbons (Fsp3) is 0.653. The van der Waals surface area contributed by atoms with Crippen LogP contribution in [0.1, 0.15) is 126 Å². The summed E-state index contributed by atoms with van der Waals surface area (Å²) in [6.07, 6.45) is 25.5. The number of ether oxygens (including phenoxy) is 1. The molecule has 0 radical (unpaired) electrons. The van der Waals surface area contributed by atoms with Crippen molar-refractivity contribution in [3.8, 4) is 0 Å². The quantitative estimate of drug-likeness (QED) is 0.0182. The number of carbonyl (C=O) groups is 5. The minimum absolute atomic E-state index is 0.0128. The third-order valence-corrected chi connectivity index (χ3v) is 13.4. The first kappa shape index (κ1) is 51.5. The maximum Gasteiger partial charge on any atom is 0.331 e. The lowest BCUT2D eigenvalue weighted by atomic mass is 9.83. The molecule has 5 N–H and O–H groups in total. The average Bonchev–Trinajstić information content (AvgIpc) is 3.77. The molecule has 2 saturated heterocycles. The smallest absolute Gasteiger partial charge is 0.331 e. The minimum Gasteiger partial charge on any atom is -0.454 e. The number of hydrogen-bond acceptors (Lipinski definition) is 8. The predicted octanol–water partition coefficient (Wildman–Crippen LogP) is 8.22. The number of ketones is 1. The summed E-state index contributed by atoms with van der Waals surface area (Å²) in [5.41, 5.74) is 3.04. The first-order valence-corrected chi connectivity index (χ1v) is 23.9. The second kappa shape index (κ2) is 27.2. The number of amides is 4. The SMILES string of the molecule is CCC(C=C[C@@H]1OC(=O)C=C[C@@H]1C)=C[C@H](C)CC=CC(C)=C[C@@H](C)C(=O)[C@@H](C)[C@H](O)[C@@H](C)CC(C)=CC(=O)NCCCCCCNC(=O)CCCC[C@H]1SC[C@@H]2NC(=O)N[C@@H]21. The second-order valence-electron chi connectivity index (χ2n) is 17.7. The summed E-state index contributed by atoms with van der Waals surface area (Å²) in [7, 11) is 0. The Morgan fingerprint density at radius 1 is 0.967 bits per heavy atom. The number of thioether (sulfide) groups is 1. The van der Waals surface area contributed by atoms with Crippen LogP contribution in [-0.2, 0) is 23.9 Å². The standard InChI is InChI=1S/C49H76N4O7S/c1-9-39(22-23-41-35(5)21-24-45(56)60-41)29-33(3)18-16-17-32(2)27-36(6)47(57)38(8)48(58)37(7)28-34(4)30-44(55)51-26-15-11-10-14-25-50-43(54)20-13-12-19-42-46-40(31-61-42)52-49(59)53-46/h16-17,21-24,27,29-30,33,35-38,40-42,46,48,58H,9-15,18-20,25-26,28,31H2,1-8H3,(H,50,54)(H,51,55)(H2,52,53,59)/t33-,35+,36-,37+,38-,40+,41+,42-,46+,48-/m1/s1. The molecule has 0 aliphatic carbocycles. The number of carbonyl (C=O) groups excluding carboxylic acids is 5. The molecular weight excluding hydrogens is 789 g/mol. The number of Topliss-reactive ketones (excluding diaryl/α,β-unsaturated/α-hetero) is 1. The molecule has 0 bridgehead atoms. The highest BCUT2D eigenvalue weighted by atomic mass is 32.2. The van der Waals surface area contributed by atoms with Gasteiger partial charge in [-0.3, -0.25) is 14.4 Å². The van der Waals surface area contributed by atoms with E-state index < -0.39 is 12.0 Å². The van der Waals surface area contributed by atoms with Crippen LogP contribution in [-0.4, -0.2) is 83.1 Å². The molecule has 10 atom stereocenters. The second-order valence-corrected chi connectivity index (χ2v) is 18.9. The van der Waals surface area contributed by atoms with Crippen LogP contribution < -0.4 is 21.3 Å². The van der Waals surface area contributed by atoms with Gasteiger partial charge in [-0.15, -0.1) is 0 Å². The van der Waals surface area contributed by atoms with Crippen LogP contribution in [0.25, 0.3) is 0 Å². The van der Waals surface area contributed by atoms with E-state index in [0.717, 1.165) is 74.7 Å². The Hall–Kier alpha value is -3.90. The summed E-state index contributed by atoms with van der Waals surface area (Å²) in [4.78, 5) is 61.3. The Labute approximate surface area is 370 Å². The van der Waals surface area contributed by atoms with Crippen molar-refractivity contribution in [2.24, 2.45) is 29.6 Å². The monoisotopic (exact) mass is 865 g/mol. The molecule has 0 unspecified atom stereocenters. The van der Waals surface area contributed by atoms with Gasteiger partial charge < -0.3 is 31.1 Å². The molecule has 2 fully saturated rings. The van der Waals surface area contributed by atoms with Gasteiger partial charge in [0.2, 0.25) is 11.8 Å². The van der Waals surface area contributed by atoms with E-state index in [0.29, 0.717) is 37.1 Å². The molecule has 4 amide bonds. The Morgan fingerprint density at radius 3 is 2.41 bits per heavy atom.